The Kier molecular flexibility index (Phi) is 5.04. The van der Waals surface area contributed by atoms with Gasteiger partial charge in [0.1, 0.15) is 0 Å². The van der Waals surface area contributed by atoms with Gasteiger partial charge in [-0.05, 0) is 26.3 Å². The predicted octanol–water partition coefficient (Wildman–Crippen LogP) is -0.555. The minimum absolute atomic E-state index is 0.0718. The molecule has 116 valence electrons. The second-order valence-electron chi connectivity index (χ2n) is 6.01. The Morgan fingerprint density at radius 3 is 2.50 bits per heavy atom. The monoisotopic (exact) mass is 303 g/mol. The molecule has 0 saturated carbocycles. The smallest absolute Gasteiger partial charge is 0.223 e. The van der Waals surface area contributed by atoms with Gasteiger partial charge in [0, 0.05) is 38.1 Å². The normalized spacial score (nSPS) is 27.1. The number of hydrogen-bond acceptors (Lipinski definition) is 5. The van der Waals surface area contributed by atoms with E-state index in [1.807, 2.05) is 16.8 Å². The van der Waals surface area contributed by atoms with Crippen LogP contribution < -0.4 is 5.73 Å². The number of carbonyl (C=O) groups excluding carboxylic acids is 1. The molecule has 2 fully saturated rings. The van der Waals surface area contributed by atoms with Gasteiger partial charge in [0.25, 0.3) is 0 Å². The van der Waals surface area contributed by atoms with E-state index in [1.54, 1.807) is 0 Å². The molecule has 20 heavy (non-hydrogen) atoms. The van der Waals surface area contributed by atoms with Crippen molar-refractivity contribution < 1.29 is 13.2 Å². The number of sulfone groups is 1. The first kappa shape index (κ1) is 15.7. The van der Waals surface area contributed by atoms with Crippen LogP contribution in [0.2, 0.25) is 0 Å². The van der Waals surface area contributed by atoms with Gasteiger partial charge in [-0.15, -0.1) is 0 Å². The number of carbonyl (C=O) groups is 1. The van der Waals surface area contributed by atoms with Crippen LogP contribution in [0, 0.1) is 0 Å². The third kappa shape index (κ3) is 4.17. The minimum Gasteiger partial charge on any atom is -0.343 e. The van der Waals surface area contributed by atoms with Crippen LogP contribution in [0.5, 0.6) is 0 Å². The summed E-state index contributed by atoms with van der Waals surface area (Å²) in [7, 11) is -0.949. The maximum absolute atomic E-state index is 12.1. The van der Waals surface area contributed by atoms with E-state index in [0.29, 0.717) is 19.4 Å². The van der Waals surface area contributed by atoms with Crippen LogP contribution in [0.1, 0.15) is 25.7 Å². The largest absolute Gasteiger partial charge is 0.343 e. The van der Waals surface area contributed by atoms with Crippen molar-refractivity contribution in [2.24, 2.45) is 5.73 Å². The number of nitrogens with two attached hydrogens (primary N) is 1. The van der Waals surface area contributed by atoms with Crippen molar-refractivity contribution in [3.63, 3.8) is 0 Å². The summed E-state index contributed by atoms with van der Waals surface area (Å²) >= 11 is 0. The van der Waals surface area contributed by atoms with E-state index in [2.05, 4.69) is 0 Å². The van der Waals surface area contributed by atoms with Gasteiger partial charge in [-0.2, -0.15) is 0 Å². The van der Waals surface area contributed by atoms with Crippen molar-refractivity contribution in [3.8, 4) is 0 Å². The molecule has 0 spiro atoms. The Morgan fingerprint density at radius 1 is 1.30 bits per heavy atom. The first-order valence-corrected chi connectivity index (χ1v) is 9.13. The number of nitrogens with zero attached hydrogens (tertiary/aromatic N) is 2. The molecule has 1 atom stereocenters. The first-order valence-electron chi connectivity index (χ1n) is 7.31. The van der Waals surface area contributed by atoms with Crippen LogP contribution in [-0.4, -0.2) is 74.4 Å². The fourth-order valence-electron chi connectivity index (χ4n) is 2.88. The molecule has 0 bridgehead atoms. The third-order valence-electron chi connectivity index (χ3n) is 4.40. The van der Waals surface area contributed by atoms with E-state index in [9.17, 15) is 13.2 Å². The van der Waals surface area contributed by atoms with E-state index in [4.69, 9.17) is 5.73 Å². The SMILES string of the molecule is CN(CCC(=O)N1CCC(N)CC1)C1CCS(=O)(=O)C1. The quantitative estimate of drug-likeness (QED) is 0.753. The van der Waals surface area contributed by atoms with Crippen LogP contribution in [0.25, 0.3) is 0 Å². The molecule has 1 unspecified atom stereocenters. The lowest BCUT2D eigenvalue weighted by Crippen LogP contribution is -2.44. The molecule has 0 aromatic carbocycles. The van der Waals surface area contributed by atoms with Gasteiger partial charge >= 0.3 is 0 Å². The Labute approximate surface area is 121 Å². The third-order valence-corrected chi connectivity index (χ3v) is 6.15. The molecule has 0 aromatic heterocycles. The van der Waals surface area contributed by atoms with Gasteiger partial charge in [0.15, 0.2) is 9.84 Å². The Bertz CT molecular complexity index is 444. The van der Waals surface area contributed by atoms with Gasteiger partial charge in [-0.25, -0.2) is 8.42 Å². The summed E-state index contributed by atoms with van der Waals surface area (Å²) in [4.78, 5) is 16.0. The molecular weight excluding hydrogens is 278 g/mol. The maximum atomic E-state index is 12.1. The van der Waals surface area contributed by atoms with Gasteiger partial charge in [-0.3, -0.25) is 4.79 Å². The summed E-state index contributed by atoms with van der Waals surface area (Å²) in [6.07, 6.45) is 2.90. The average Bonchev–Trinajstić information content (AvgIpc) is 2.77. The zero-order valence-electron chi connectivity index (χ0n) is 12.1. The predicted molar refractivity (Wildman–Crippen MR) is 78.1 cm³/mol. The highest BCUT2D eigenvalue weighted by atomic mass is 32.2. The number of amides is 1. The van der Waals surface area contributed by atoms with Crippen LogP contribution in [0.15, 0.2) is 0 Å². The highest BCUT2D eigenvalue weighted by molar-refractivity contribution is 7.91. The molecule has 0 aliphatic carbocycles. The molecule has 2 saturated heterocycles. The topological polar surface area (TPSA) is 83.7 Å². The summed E-state index contributed by atoms with van der Waals surface area (Å²) in [5.41, 5.74) is 5.82. The van der Waals surface area contributed by atoms with E-state index < -0.39 is 9.84 Å². The van der Waals surface area contributed by atoms with E-state index >= 15 is 0 Å². The summed E-state index contributed by atoms with van der Waals surface area (Å²) < 4.78 is 22.9. The number of likely N-dealkylation sites (tertiary alicyclic amines) is 1. The summed E-state index contributed by atoms with van der Waals surface area (Å²) in [6, 6.07) is 0.299. The Morgan fingerprint density at radius 2 is 1.95 bits per heavy atom. The van der Waals surface area contributed by atoms with Crippen LogP contribution in [-0.2, 0) is 14.6 Å². The fraction of sp³-hybridized carbons (Fsp3) is 0.923. The van der Waals surface area contributed by atoms with Gasteiger partial charge in [-0.1, -0.05) is 0 Å². The van der Waals surface area contributed by atoms with Crippen molar-refractivity contribution >= 4 is 15.7 Å². The first-order chi connectivity index (χ1) is 9.37. The molecule has 6 nitrogen and oxygen atoms in total. The zero-order valence-corrected chi connectivity index (χ0v) is 12.9. The van der Waals surface area contributed by atoms with E-state index in [0.717, 1.165) is 25.9 Å². The molecule has 2 heterocycles. The molecule has 0 aromatic rings. The number of piperidine rings is 1. The van der Waals surface area contributed by atoms with E-state index in [-0.39, 0.29) is 29.5 Å². The fourth-order valence-corrected chi connectivity index (χ4v) is 4.69. The van der Waals surface area contributed by atoms with Gasteiger partial charge < -0.3 is 15.5 Å². The lowest BCUT2D eigenvalue weighted by Gasteiger charge is -2.31. The summed E-state index contributed by atoms with van der Waals surface area (Å²) in [5, 5.41) is 0. The lowest BCUT2D eigenvalue weighted by molar-refractivity contribution is -0.132. The molecule has 7 heteroatoms. The standard InChI is InChI=1S/C13H25N3O3S/c1-15(12-5-9-20(18,19)10-12)6-4-13(17)16-7-2-11(14)3-8-16/h11-12H,2-10,14H2,1H3. The van der Waals surface area contributed by atoms with Crippen molar-refractivity contribution in [1.82, 2.24) is 9.80 Å². The maximum Gasteiger partial charge on any atom is 0.223 e. The summed E-state index contributed by atoms with van der Waals surface area (Å²) in [6.45, 7) is 2.13. The van der Waals surface area contributed by atoms with Gasteiger partial charge in [0.2, 0.25) is 5.91 Å². The molecule has 0 radical (unpaired) electrons. The molecule has 2 rings (SSSR count). The average molecular weight is 303 g/mol. The number of rotatable bonds is 4. The summed E-state index contributed by atoms with van der Waals surface area (Å²) in [5.74, 6) is 0.667. The Balaban J connectivity index is 1.73. The second-order valence-corrected chi connectivity index (χ2v) is 8.23. The molecule has 1 amide bonds. The van der Waals surface area contributed by atoms with Crippen LogP contribution >= 0.6 is 0 Å². The van der Waals surface area contributed by atoms with Crippen LogP contribution in [0.4, 0.5) is 0 Å². The van der Waals surface area contributed by atoms with Crippen molar-refractivity contribution in [3.05, 3.63) is 0 Å². The second kappa shape index (κ2) is 6.41. The van der Waals surface area contributed by atoms with Gasteiger partial charge in [0.05, 0.1) is 11.5 Å². The highest BCUT2D eigenvalue weighted by Crippen LogP contribution is 2.17. The zero-order chi connectivity index (χ0) is 14.8. The highest BCUT2D eigenvalue weighted by Gasteiger charge is 2.31. The Hall–Kier alpha value is -0.660. The molecular formula is C13H25N3O3S. The van der Waals surface area contributed by atoms with Crippen molar-refractivity contribution in [1.29, 1.82) is 0 Å². The van der Waals surface area contributed by atoms with Crippen molar-refractivity contribution in [2.45, 2.75) is 37.8 Å². The number of hydrogen-bond donors (Lipinski definition) is 1. The van der Waals surface area contributed by atoms with Crippen molar-refractivity contribution in [2.75, 3.05) is 38.2 Å². The molecule has 2 N–H and O–H groups in total. The molecule has 2 aliphatic heterocycles. The van der Waals surface area contributed by atoms with E-state index in [1.165, 1.54) is 0 Å². The molecule has 2 aliphatic rings. The minimum atomic E-state index is -2.86. The lowest BCUT2D eigenvalue weighted by atomic mass is 10.1. The van der Waals surface area contributed by atoms with Crippen LogP contribution in [0.3, 0.4) is 0 Å².